The normalized spacial score (nSPS) is 23.0. The smallest absolute Gasteiger partial charge is 0.177 e. The topological polar surface area (TPSA) is 29.5 Å². The number of likely N-dealkylation sites (N-methyl/N-ethyl adjacent to an activating group) is 1. The molecule has 0 aromatic heterocycles. The Kier molecular flexibility index (Phi) is 4.38. The maximum absolute atomic E-state index is 12.4. The predicted molar refractivity (Wildman–Crippen MR) is 76.7 cm³/mol. The van der Waals surface area contributed by atoms with E-state index in [0.29, 0.717) is 12.6 Å². The lowest BCUT2D eigenvalue weighted by molar-refractivity contribution is 0.0745. The van der Waals surface area contributed by atoms with Gasteiger partial charge in [0.15, 0.2) is 5.78 Å². The first kappa shape index (κ1) is 14.2. The third-order valence-corrected chi connectivity index (χ3v) is 3.98. The molecule has 0 spiro atoms. The largest absolute Gasteiger partial charge is 0.377 e. The molecule has 2 unspecified atom stereocenters. The molecular formula is C16H23NO2. The van der Waals surface area contributed by atoms with Crippen LogP contribution in [0.5, 0.6) is 0 Å². The van der Waals surface area contributed by atoms with E-state index in [-0.39, 0.29) is 11.9 Å². The van der Waals surface area contributed by atoms with Crippen LogP contribution in [0, 0.1) is 13.8 Å². The molecule has 2 atom stereocenters. The minimum Gasteiger partial charge on any atom is -0.377 e. The molecule has 1 aromatic carbocycles. The molecule has 1 aliphatic rings. The van der Waals surface area contributed by atoms with Gasteiger partial charge in [-0.2, -0.15) is 0 Å². The molecule has 0 aliphatic carbocycles. The van der Waals surface area contributed by atoms with E-state index in [4.69, 9.17) is 4.74 Å². The number of hydrogen-bond acceptors (Lipinski definition) is 3. The van der Waals surface area contributed by atoms with Crippen molar-refractivity contribution in [2.45, 2.75) is 39.3 Å². The number of nitrogens with zero attached hydrogens (tertiary/aromatic N) is 1. The number of hydrogen-bond donors (Lipinski definition) is 0. The van der Waals surface area contributed by atoms with Crippen LogP contribution in [0.4, 0.5) is 0 Å². The summed E-state index contributed by atoms with van der Waals surface area (Å²) in [5.41, 5.74) is 3.10. The zero-order valence-corrected chi connectivity index (χ0v) is 12.3. The van der Waals surface area contributed by atoms with Crippen LogP contribution in [0.1, 0.15) is 34.8 Å². The predicted octanol–water partition coefficient (Wildman–Crippen LogP) is 2.60. The third-order valence-electron chi connectivity index (χ3n) is 3.98. The second-order valence-corrected chi connectivity index (χ2v) is 5.59. The molecule has 1 aromatic rings. The number of aryl methyl sites for hydroxylation is 2. The van der Waals surface area contributed by atoms with Crippen molar-refractivity contribution in [3.05, 3.63) is 34.9 Å². The molecule has 0 amide bonds. The van der Waals surface area contributed by atoms with Crippen molar-refractivity contribution in [1.29, 1.82) is 0 Å². The second-order valence-electron chi connectivity index (χ2n) is 5.59. The average Bonchev–Trinajstić information content (AvgIpc) is 2.75. The van der Waals surface area contributed by atoms with Crippen molar-refractivity contribution in [2.24, 2.45) is 0 Å². The van der Waals surface area contributed by atoms with Gasteiger partial charge in [0, 0.05) is 18.2 Å². The summed E-state index contributed by atoms with van der Waals surface area (Å²) in [5.74, 6) is 0.194. The van der Waals surface area contributed by atoms with Gasteiger partial charge < -0.3 is 4.74 Å². The summed E-state index contributed by atoms with van der Waals surface area (Å²) in [6.45, 7) is 7.39. The van der Waals surface area contributed by atoms with Crippen LogP contribution in [-0.2, 0) is 4.74 Å². The molecule has 1 aliphatic heterocycles. The number of carbonyl (C=O) groups excluding carboxylic acids is 1. The molecule has 3 heteroatoms. The molecule has 0 radical (unpaired) electrons. The average molecular weight is 261 g/mol. The Hall–Kier alpha value is -1.19. The van der Waals surface area contributed by atoms with Crippen molar-refractivity contribution in [1.82, 2.24) is 4.90 Å². The minimum absolute atomic E-state index is 0.194. The van der Waals surface area contributed by atoms with Crippen LogP contribution in [0.15, 0.2) is 18.2 Å². The SMILES string of the molecule is Cc1ccc(C(=O)CN(C)C2CCOC2C)c(C)c1. The summed E-state index contributed by atoms with van der Waals surface area (Å²) in [4.78, 5) is 14.5. The first-order valence-electron chi connectivity index (χ1n) is 6.91. The second kappa shape index (κ2) is 5.85. The Bertz CT molecular complexity index is 470. The van der Waals surface area contributed by atoms with Crippen LogP contribution in [0.25, 0.3) is 0 Å². The van der Waals surface area contributed by atoms with Crippen LogP contribution < -0.4 is 0 Å². The molecule has 0 saturated carbocycles. The fraction of sp³-hybridized carbons (Fsp3) is 0.562. The van der Waals surface area contributed by atoms with Crippen molar-refractivity contribution < 1.29 is 9.53 Å². The molecule has 2 rings (SSSR count). The Morgan fingerprint density at radius 2 is 2.16 bits per heavy atom. The van der Waals surface area contributed by atoms with E-state index in [1.807, 2.05) is 33.0 Å². The van der Waals surface area contributed by atoms with Gasteiger partial charge >= 0.3 is 0 Å². The lowest BCUT2D eigenvalue weighted by atomic mass is 10.0. The van der Waals surface area contributed by atoms with Crippen molar-refractivity contribution in [2.75, 3.05) is 20.2 Å². The first-order chi connectivity index (χ1) is 8.99. The van der Waals surface area contributed by atoms with Crippen LogP contribution in [0.2, 0.25) is 0 Å². The monoisotopic (exact) mass is 261 g/mol. The van der Waals surface area contributed by atoms with Gasteiger partial charge in [-0.15, -0.1) is 0 Å². The van der Waals surface area contributed by atoms with Crippen molar-refractivity contribution >= 4 is 5.78 Å². The van der Waals surface area contributed by atoms with Gasteiger partial charge in [-0.25, -0.2) is 0 Å². The quantitative estimate of drug-likeness (QED) is 0.780. The summed E-state index contributed by atoms with van der Waals surface area (Å²) >= 11 is 0. The number of carbonyl (C=O) groups is 1. The Morgan fingerprint density at radius 1 is 1.42 bits per heavy atom. The van der Waals surface area contributed by atoms with Crippen molar-refractivity contribution in [3.8, 4) is 0 Å². The molecule has 1 saturated heterocycles. The van der Waals surface area contributed by atoms with Crippen LogP contribution in [0.3, 0.4) is 0 Å². The lowest BCUT2D eigenvalue weighted by Gasteiger charge is -2.26. The van der Waals surface area contributed by atoms with Gasteiger partial charge in [-0.1, -0.05) is 23.8 Å². The Morgan fingerprint density at radius 3 is 2.74 bits per heavy atom. The zero-order chi connectivity index (χ0) is 14.0. The minimum atomic E-state index is 0.194. The third kappa shape index (κ3) is 3.23. The molecule has 0 N–H and O–H groups in total. The molecule has 3 nitrogen and oxygen atoms in total. The summed E-state index contributed by atoms with van der Waals surface area (Å²) in [6, 6.07) is 6.36. The van der Waals surface area contributed by atoms with E-state index in [1.165, 1.54) is 5.56 Å². The molecule has 1 heterocycles. The maximum atomic E-state index is 12.4. The van der Waals surface area contributed by atoms with E-state index in [1.54, 1.807) is 0 Å². The zero-order valence-electron chi connectivity index (χ0n) is 12.3. The van der Waals surface area contributed by atoms with Gasteiger partial charge in [0.05, 0.1) is 12.6 Å². The number of Topliss-reactive ketones (excluding diaryl/α,β-unsaturated/α-hetero) is 1. The fourth-order valence-electron chi connectivity index (χ4n) is 2.85. The van der Waals surface area contributed by atoms with E-state index < -0.39 is 0 Å². The van der Waals surface area contributed by atoms with Gasteiger partial charge in [0.25, 0.3) is 0 Å². The highest BCUT2D eigenvalue weighted by atomic mass is 16.5. The molecule has 19 heavy (non-hydrogen) atoms. The Labute approximate surface area is 115 Å². The molecule has 0 bridgehead atoms. The standard InChI is InChI=1S/C16H23NO2/c1-11-5-6-14(12(2)9-11)16(18)10-17(4)15-7-8-19-13(15)3/h5-6,9,13,15H,7-8,10H2,1-4H3. The maximum Gasteiger partial charge on any atom is 0.177 e. The lowest BCUT2D eigenvalue weighted by Crippen LogP contribution is -2.40. The Balaban J connectivity index is 2.04. The number of ether oxygens (including phenoxy) is 1. The highest BCUT2D eigenvalue weighted by molar-refractivity contribution is 5.99. The molecular weight excluding hydrogens is 238 g/mol. The summed E-state index contributed by atoms with van der Waals surface area (Å²) in [7, 11) is 2.01. The van der Waals surface area contributed by atoms with E-state index >= 15 is 0 Å². The van der Waals surface area contributed by atoms with E-state index in [0.717, 1.165) is 24.2 Å². The van der Waals surface area contributed by atoms with Gasteiger partial charge in [-0.3, -0.25) is 9.69 Å². The summed E-state index contributed by atoms with van der Waals surface area (Å²) < 4.78 is 5.56. The van der Waals surface area contributed by atoms with Gasteiger partial charge in [0.1, 0.15) is 0 Å². The highest BCUT2D eigenvalue weighted by Crippen LogP contribution is 2.19. The van der Waals surface area contributed by atoms with Gasteiger partial charge in [0.2, 0.25) is 0 Å². The summed E-state index contributed by atoms with van der Waals surface area (Å²) in [6.07, 6.45) is 1.23. The van der Waals surface area contributed by atoms with Crippen LogP contribution in [-0.4, -0.2) is 43.0 Å². The van der Waals surface area contributed by atoms with E-state index in [2.05, 4.69) is 17.9 Å². The molecule has 1 fully saturated rings. The number of ketones is 1. The number of benzene rings is 1. The fourth-order valence-corrected chi connectivity index (χ4v) is 2.85. The van der Waals surface area contributed by atoms with Gasteiger partial charge in [-0.05, 0) is 39.8 Å². The summed E-state index contributed by atoms with van der Waals surface area (Å²) in [5, 5.41) is 0. The highest BCUT2D eigenvalue weighted by Gasteiger charge is 2.29. The molecule has 104 valence electrons. The van der Waals surface area contributed by atoms with E-state index in [9.17, 15) is 4.79 Å². The van der Waals surface area contributed by atoms with Crippen LogP contribution >= 0.6 is 0 Å². The first-order valence-corrected chi connectivity index (χ1v) is 6.91. The van der Waals surface area contributed by atoms with Crippen molar-refractivity contribution in [3.63, 3.8) is 0 Å². The number of rotatable bonds is 4.